The number of methoxy groups -OCH3 is 1. The van der Waals surface area contributed by atoms with E-state index in [2.05, 4.69) is 0 Å². The number of aromatic nitrogens is 2. The standard InChI is InChI=1S/C21H22N2O7S/c1-22-18-14(11-16(31-18)20(27)30-12-13-7-4-3-5-8-13)17(24)23(21(22)28)10-6-9-15(29-2)19(25)26/h3-5,7-8,11,15H,6,9-10,12H2,1-2H3,(H,25,26). The Morgan fingerprint density at radius 3 is 2.55 bits per heavy atom. The van der Waals surface area contributed by atoms with Crippen molar-refractivity contribution in [3.8, 4) is 0 Å². The van der Waals surface area contributed by atoms with Gasteiger partial charge in [-0.2, -0.15) is 0 Å². The third-order valence-corrected chi connectivity index (χ3v) is 6.02. The van der Waals surface area contributed by atoms with E-state index in [4.69, 9.17) is 14.6 Å². The number of thiophene rings is 1. The first-order valence-corrected chi connectivity index (χ1v) is 10.3. The van der Waals surface area contributed by atoms with Crippen LogP contribution in [-0.2, 0) is 34.5 Å². The summed E-state index contributed by atoms with van der Waals surface area (Å²) in [6, 6.07) is 10.6. The smallest absolute Gasteiger partial charge is 0.348 e. The van der Waals surface area contributed by atoms with Crippen LogP contribution < -0.4 is 11.2 Å². The number of aliphatic carboxylic acids is 1. The molecule has 2 heterocycles. The molecule has 1 N–H and O–H groups in total. The molecule has 3 rings (SSSR count). The number of aryl methyl sites for hydroxylation is 1. The Morgan fingerprint density at radius 2 is 1.90 bits per heavy atom. The summed E-state index contributed by atoms with van der Waals surface area (Å²) in [4.78, 5) is 49.6. The van der Waals surface area contributed by atoms with Gasteiger partial charge in [-0.15, -0.1) is 11.3 Å². The molecule has 1 atom stereocenters. The average molecular weight is 446 g/mol. The van der Waals surface area contributed by atoms with Crippen molar-refractivity contribution in [2.24, 2.45) is 7.05 Å². The summed E-state index contributed by atoms with van der Waals surface area (Å²) in [5.41, 5.74) is -0.226. The molecule has 31 heavy (non-hydrogen) atoms. The van der Waals surface area contributed by atoms with Gasteiger partial charge in [0.2, 0.25) is 0 Å². The number of esters is 1. The lowest BCUT2D eigenvalue weighted by atomic mass is 10.2. The second kappa shape index (κ2) is 9.71. The molecule has 1 aromatic carbocycles. The van der Waals surface area contributed by atoms with Crippen molar-refractivity contribution < 1.29 is 24.2 Å². The van der Waals surface area contributed by atoms with Crippen LogP contribution in [0.5, 0.6) is 0 Å². The molecule has 0 spiro atoms. The normalized spacial score (nSPS) is 12.1. The Bertz CT molecular complexity index is 1210. The van der Waals surface area contributed by atoms with Gasteiger partial charge in [0, 0.05) is 20.7 Å². The fraction of sp³-hybridized carbons (Fsp3) is 0.333. The second-order valence-corrected chi connectivity index (χ2v) is 7.93. The number of hydrogen-bond acceptors (Lipinski definition) is 7. The highest BCUT2D eigenvalue weighted by atomic mass is 32.1. The first-order valence-electron chi connectivity index (χ1n) is 9.53. The molecule has 2 aromatic heterocycles. The van der Waals surface area contributed by atoms with Crippen LogP contribution in [0.2, 0.25) is 0 Å². The van der Waals surface area contributed by atoms with Gasteiger partial charge in [0.1, 0.15) is 16.3 Å². The number of carbonyl (C=O) groups excluding carboxylic acids is 1. The Hall–Kier alpha value is -3.24. The highest BCUT2D eigenvalue weighted by Gasteiger charge is 2.20. The van der Waals surface area contributed by atoms with Gasteiger partial charge in [-0.05, 0) is 24.5 Å². The first-order chi connectivity index (χ1) is 14.8. The summed E-state index contributed by atoms with van der Waals surface area (Å²) in [6.45, 7) is 0.138. The third-order valence-electron chi connectivity index (χ3n) is 4.83. The van der Waals surface area contributed by atoms with E-state index < -0.39 is 29.3 Å². The maximum atomic E-state index is 12.9. The Kier molecular flexibility index (Phi) is 7.03. The van der Waals surface area contributed by atoms with E-state index in [0.717, 1.165) is 21.5 Å². The van der Waals surface area contributed by atoms with Crippen LogP contribution in [0.1, 0.15) is 28.1 Å². The number of carbonyl (C=O) groups is 2. The van der Waals surface area contributed by atoms with Gasteiger partial charge in [0.25, 0.3) is 5.56 Å². The van der Waals surface area contributed by atoms with Crippen molar-refractivity contribution in [2.45, 2.75) is 32.1 Å². The molecule has 0 aliphatic rings. The summed E-state index contributed by atoms with van der Waals surface area (Å²) < 4.78 is 12.5. The molecule has 0 aliphatic heterocycles. The summed E-state index contributed by atoms with van der Waals surface area (Å²) in [7, 11) is 2.81. The van der Waals surface area contributed by atoms with E-state index in [9.17, 15) is 19.2 Å². The fourth-order valence-electron chi connectivity index (χ4n) is 3.15. The van der Waals surface area contributed by atoms with E-state index in [1.165, 1.54) is 24.8 Å². The molecule has 9 nitrogen and oxygen atoms in total. The molecule has 0 aliphatic carbocycles. The Morgan fingerprint density at radius 1 is 1.19 bits per heavy atom. The predicted molar refractivity (Wildman–Crippen MR) is 115 cm³/mol. The maximum absolute atomic E-state index is 12.9. The van der Waals surface area contributed by atoms with Crippen LogP contribution in [0.15, 0.2) is 46.0 Å². The van der Waals surface area contributed by atoms with Gasteiger partial charge in [0.05, 0.1) is 5.39 Å². The quantitative estimate of drug-likeness (QED) is 0.500. The van der Waals surface area contributed by atoms with E-state index in [1.807, 2.05) is 30.3 Å². The van der Waals surface area contributed by atoms with Crippen LogP contribution in [0.4, 0.5) is 0 Å². The largest absolute Gasteiger partial charge is 0.479 e. The van der Waals surface area contributed by atoms with Crippen LogP contribution in [-0.4, -0.2) is 39.4 Å². The number of carboxylic acid groups (broad SMARTS) is 1. The molecule has 3 aromatic rings. The van der Waals surface area contributed by atoms with E-state index in [0.29, 0.717) is 4.83 Å². The van der Waals surface area contributed by atoms with Crippen LogP contribution in [0.25, 0.3) is 10.2 Å². The van der Waals surface area contributed by atoms with Crippen molar-refractivity contribution >= 4 is 33.5 Å². The molecule has 0 saturated heterocycles. The van der Waals surface area contributed by atoms with Gasteiger partial charge in [-0.3, -0.25) is 13.9 Å². The summed E-state index contributed by atoms with van der Waals surface area (Å²) in [5.74, 6) is -1.68. The van der Waals surface area contributed by atoms with Crippen molar-refractivity contribution in [1.82, 2.24) is 9.13 Å². The molecule has 0 fully saturated rings. The maximum Gasteiger partial charge on any atom is 0.348 e. The topological polar surface area (TPSA) is 117 Å². The van der Waals surface area contributed by atoms with Gasteiger partial charge < -0.3 is 14.6 Å². The second-order valence-electron chi connectivity index (χ2n) is 6.89. The van der Waals surface area contributed by atoms with Crippen molar-refractivity contribution in [2.75, 3.05) is 7.11 Å². The van der Waals surface area contributed by atoms with Gasteiger partial charge in [-0.1, -0.05) is 30.3 Å². The lowest BCUT2D eigenvalue weighted by molar-refractivity contribution is -0.148. The number of benzene rings is 1. The summed E-state index contributed by atoms with van der Waals surface area (Å²) in [5, 5.41) is 9.27. The van der Waals surface area contributed by atoms with E-state index in [1.54, 1.807) is 0 Å². The number of rotatable bonds is 9. The minimum atomic E-state index is -1.10. The zero-order valence-corrected chi connectivity index (χ0v) is 17.9. The zero-order valence-electron chi connectivity index (χ0n) is 17.1. The molecule has 0 saturated carbocycles. The Balaban J connectivity index is 1.82. The van der Waals surface area contributed by atoms with Gasteiger partial charge >= 0.3 is 17.6 Å². The SMILES string of the molecule is COC(CCCn1c(=O)c2cc(C(=O)OCc3ccccc3)sc2n(C)c1=O)C(=O)O. The number of nitrogens with zero attached hydrogens (tertiary/aromatic N) is 2. The van der Waals surface area contributed by atoms with Gasteiger partial charge in [-0.25, -0.2) is 14.4 Å². The van der Waals surface area contributed by atoms with E-state index in [-0.39, 0.29) is 36.3 Å². The van der Waals surface area contributed by atoms with Gasteiger partial charge in [0.15, 0.2) is 6.10 Å². The monoisotopic (exact) mass is 446 g/mol. The minimum absolute atomic E-state index is 0.0399. The fourth-order valence-corrected chi connectivity index (χ4v) is 4.15. The molecule has 0 amide bonds. The number of ether oxygens (including phenoxy) is 2. The number of carboxylic acids is 1. The zero-order chi connectivity index (χ0) is 22.5. The molecule has 10 heteroatoms. The predicted octanol–water partition coefficient (Wildman–Crippen LogP) is 2.00. The highest BCUT2D eigenvalue weighted by Crippen LogP contribution is 2.23. The third kappa shape index (κ3) is 4.92. The Labute approximate surface area is 181 Å². The van der Waals surface area contributed by atoms with Crippen LogP contribution >= 0.6 is 11.3 Å². The van der Waals surface area contributed by atoms with Crippen LogP contribution in [0.3, 0.4) is 0 Å². The molecule has 164 valence electrons. The molecule has 0 bridgehead atoms. The molecule has 1 unspecified atom stereocenters. The number of fused-ring (bicyclic) bond motifs is 1. The summed E-state index contributed by atoms with van der Waals surface area (Å²) >= 11 is 1.02. The van der Waals surface area contributed by atoms with Crippen molar-refractivity contribution in [3.63, 3.8) is 0 Å². The van der Waals surface area contributed by atoms with Crippen molar-refractivity contribution in [3.05, 3.63) is 67.7 Å². The molecular formula is C21H22N2O7S. The van der Waals surface area contributed by atoms with Crippen LogP contribution in [0, 0.1) is 0 Å². The minimum Gasteiger partial charge on any atom is -0.479 e. The lowest BCUT2D eigenvalue weighted by Crippen LogP contribution is -2.38. The van der Waals surface area contributed by atoms with Crippen molar-refractivity contribution in [1.29, 1.82) is 0 Å². The first kappa shape index (κ1) is 22.4. The molecule has 0 radical (unpaired) electrons. The molecular weight excluding hydrogens is 424 g/mol. The lowest BCUT2D eigenvalue weighted by Gasteiger charge is -2.11. The highest BCUT2D eigenvalue weighted by molar-refractivity contribution is 7.20. The number of hydrogen-bond donors (Lipinski definition) is 1. The van der Waals surface area contributed by atoms with E-state index >= 15 is 0 Å². The summed E-state index contributed by atoms with van der Waals surface area (Å²) in [6.07, 6.45) is -0.586. The average Bonchev–Trinajstić information content (AvgIpc) is 3.22.